The Morgan fingerprint density at radius 3 is 2.46 bits per heavy atom. The highest BCUT2D eigenvalue weighted by molar-refractivity contribution is 5.93. The molecule has 0 aliphatic heterocycles. The number of hydrogen-bond donors (Lipinski definition) is 1. The quantitative estimate of drug-likeness (QED) is 0.737. The van der Waals surface area contributed by atoms with Gasteiger partial charge in [-0.2, -0.15) is 8.78 Å². The summed E-state index contributed by atoms with van der Waals surface area (Å²) in [6.07, 6.45) is 0. The van der Waals surface area contributed by atoms with Gasteiger partial charge < -0.3 is 14.8 Å². The van der Waals surface area contributed by atoms with Gasteiger partial charge in [-0.1, -0.05) is 24.3 Å². The first-order valence-electron chi connectivity index (χ1n) is 7.85. The maximum Gasteiger partial charge on any atom is 0.387 e. The first-order valence-corrected chi connectivity index (χ1v) is 7.85. The Hall–Kier alpha value is -2.74. The summed E-state index contributed by atoms with van der Waals surface area (Å²) in [6.45, 7) is -2.41. The van der Waals surface area contributed by atoms with Crippen LogP contribution in [0.4, 0.5) is 18.9 Å². The normalized spacial score (nSPS) is 10.8. The molecule has 5 nitrogen and oxygen atoms in total. The zero-order chi connectivity index (χ0) is 18.9. The standard InChI is InChI=1S/C18H19F3N2O3/c1-23(10-11-25-15-8-4-2-6-13(15)19)12-17(24)22-14-7-3-5-9-16(14)26-18(20)21/h2-9,18H,10-12H2,1H3,(H,22,24). The van der Waals surface area contributed by atoms with Crippen LogP contribution in [-0.4, -0.2) is 44.2 Å². The fraction of sp³-hybridized carbons (Fsp3) is 0.278. The van der Waals surface area contributed by atoms with Crippen molar-refractivity contribution in [1.82, 2.24) is 4.90 Å². The number of alkyl halides is 2. The summed E-state index contributed by atoms with van der Waals surface area (Å²) in [4.78, 5) is 13.7. The van der Waals surface area contributed by atoms with Gasteiger partial charge >= 0.3 is 6.61 Å². The number of halogens is 3. The van der Waals surface area contributed by atoms with Crippen molar-refractivity contribution in [3.63, 3.8) is 0 Å². The Labute approximate surface area is 149 Å². The van der Waals surface area contributed by atoms with Gasteiger partial charge in [-0.3, -0.25) is 9.69 Å². The minimum absolute atomic E-state index is 0.00362. The lowest BCUT2D eigenvalue weighted by Gasteiger charge is -2.17. The molecule has 1 N–H and O–H groups in total. The maximum atomic E-state index is 13.4. The molecule has 0 unspecified atom stereocenters. The van der Waals surface area contributed by atoms with E-state index in [0.717, 1.165) is 0 Å². The van der Waals surface area contributed by atoms with Gasteiger partial charge in [-0.25, -0.2) is 4.39 Å². The number of carbonyl (C=O) groups excluding carboxylic acids is 1. The van der Waals surface area contributed by atoms with Gasteiger partial charge in [-0.05, 0) is 31.3 Å². The van der Waals surface area contributed by atoms with Gasteiger partial charge in [0.2, 0.25) is 5.91 Å². The molecule has 0 heterocycles. The van der Waals surface area contributed by atoms with Crippen LogP contribution in [0.25, 0.3) is 0 Å². The Morgan fingerprint density at radius 2 is 1.77 bits per heavy atom. The third kappa shape index (κ3) is 6.29. The number of benzene rings is 2. The third-order valence-electron chi connectivity index (χ3n) is 3.36. The van der Waals surface area contributed by atoms with Crippen LogP contribution < -0.4 is 14.8 Å². The molecule has 0 spiro atoms. The highest BCUT2D eigenvalue weighted by Gasteiger charge is 2.13. The van der Waals surface area contributed by atoms with Crippen molar-refractivity contribution < 1.29 is 27.4 Å². The molecular weight excluding hydrogens is 349 g/mol. The van der Waals surface area contributed by atoms with Crippen LogP contribution in [-0.2, 0) is 4.79 Å². The van der Waals surface area contributed by atoms with Crippen molar-refractivity contribution in [2.24, 2.45) is 0 Å². The van der Waals surface area contributed by atoms with Gasteiger partial charge in [0.25, 0.3) is 0 Å². The lowest BCUT2D eigenvalue weighted by Crippen LogP contribution is -2.33. The third-order valence-corrected chi connectivity index (χ3v) is 3.36. The zero-order valence-electron chi connectivity index (χ0n) is 14.1. The minimum Gasteiger partial charge on any atom is -0.489 e. The van der Waals surface area contributed by atoms with Crippen LogP contribution in [0.15, 0.2) is 48.5 Å². The van der Waals surface area contributed by atoms with E-state index in [1.165, 1.54) is 30.3 Å². The summed E-state index contributed by atoms with van der Waals surface area (Å²) in [7, 11) is 1.69. The molecule has 0 saturated heterocycles. The molecule has 0 bridgehead atoms. The van der Waals surface area contributed by atoms with Crippen molar-refractivity contribution >= 4 is 11.6 Å². The monoisotopic (exact) mass is 368 g/mol. The smallest absolute Gasteiger partial charge is 0.387 e. The molecule has 0 aliphatic rings. The predicted molar refractivity (Wildman–Crippen MR) is 91.1 cm³/mol. The number of carbonyl (C=O) groups is 1. The van der Waals surface area contributed by atoms with Gasteiger partial charge in [0.15, 0.2) is 11.6 Å². The van der Waals surface area contributed by atoms with Gasteiger partial charge in [0.1, 0.15) is 12.4 Å². The molecule has 0 aromatic heterocycles. The average Bonchev–Trinajstić information content (AvgIpc) is 2.58. The van der Waals surface area contributed by atoms with Gasteiger partial charge in [0, 0.05) is 6.54 Å². The van der Waals surface area contributed by atoms with Gasteiger partial charge in [0.05, 0.1) is 12.2 Å². The SMILES string of the molecule is CN(CCOc1ccccc1F)CC(=O)Nc1ccccc1OC(F)F. The van der Waals surface area contributed by atoms with Crippen molar-refractivity contribution in [3.05, 3.63) is 54.3 Å². The van der Waals surface area contributed by atoms with E-state index in [4.69, 9.17) is 4.74 Å². The molecule has 0 aliphatic carbocycles. The Morgan fingerprint density at radius 1 is 1.12 bits per heavy atom. The van der Waals surface area contributed by atoms with Crippen LogP contribution in [0.2, 0.25) is 0 Å². The second-order valence-electron chi connectivity index (χ2n) is 5.44. The van der Waals surface area contributed by atoms with E-state index in [2.05, 4.69) is 10.1 Å². The van der Waals surface area contributed by atoms with E-state index in [0.29, 0.717) is 6.54 Å². The molecule has 1 amide bonds. The van der Waals surface area contributed by atoms with Crippen molar-refractivity contribution in [1.29, 1.82) is 0 Å². The number of anilines is 1. The molecule has 0 saturated carbocycles. The molecule has 0 atom stereocenters. The highest BCUT2D eigenvalue weighted by Crippen LogP contribution is 2.25. The molecule has 2 aromatic carbocycles. The summed E-state index contributed by atoms with van der Waals surface area (Å²) < 4.78 is 47.8. The van der Waals surface area contributed by atoms with E-state index in [1.54, 1.807) is 30.1 Å². The second-order valence-corrected chi connectivity index (χ2v) is 5.44. The minimum atomic E-state index is -2.98. The highest BCUT2D eigenvalue weighted by atomic mass is 19.3. The van der Waals surface area contributed by atoms with E-state index >= 15 is 0 Å². The van der Waals surface area contributed by atoms with E-state index < -0.39 is 18.3 Å². The number of rotatable bonds is 9. The number of nitrogens with zero attached hydrogens (tertiary/aromatic N) is 1. The first-order chi connectivity index (χ1) is 12.5. The van der Waals surface area contributed by atoms with Crippen molar-refractivity contribution in [2.75, 3.05) is 32.1 Å². The molecule has 2 rings (SSSR count). The summed E-state index contributed by atoms with van der Waals surface area (Å²) in [5.74, 6) is -0.822. The summed E-state index contributed by atoms with van der Waals surface area (Å²) >= 11 is 0. The number of para-hydroxylation sites is 3. The van der Waals surface area contributed by atoms with Crippen LogP contribution in [0, 0.1) is 5.82 Å². The summed E-state index contributed by atoms with van der Waals surface area (Å²) in [5, 5.41) is 2.52. The van der Waals surface area contributed by atoms with Crippen LogP contribution in [0.3, 0.4) is 0 Å². The molecule has 26 heavy (non-hydrogen) atoms. The van der Waals surface area contributed by atoms with Crippen LogP contribution in [0.5, 0.6) is 11.5 Å². The van der Waals surface area contributed by atoms with Crippen molar-refractivity contribution in [2.45, 2.75) is 6.61 Å². The number of amides is 1. The largest absolute Gasteiger partial charge is 0.489 e. The number of ether oxygens (including phenoxy) is 2. The molecule has 0 fully saturated rings. The Bertz CT molecular complexity index is 728. The van der Waals surface area contributed by atoms with E-state index in [1.807, 2.05) is 0 Å². The molecule has 0 radical (unpaired) electrons. The van der Waals surface area contributed by atoms with E-state index in [9.17, 15) is 18.0 Å². The number of nitrogens with one attached hydrogen (secondary N) is 1. The van der Waals surface area contributed by atoms with Crippen LogP contribution in [0.1, 0.15) is 0 Å². The Kier molecular flexibility index (Phi) is 7.28. The molecular formula is C18H19F3N2O3. The summed E-state index contributed by atoms with van der Waals surface area (Å²) in [6, 6.07) is 12.0. The second kappa shape index (κ2) is 9.67. The lowest BCUT2D eigenvalue weighted by molar-refractivity contribution is -0.117. The lowest BCUT2D eigenvalue weighted by atomic mass is 10.3. The first kappa shape index (κ1) is 19.6. The molecule has 140 valence electrons. The molecule has 8 heteroatoms. The topological polar surface area (TPSA) is 50.8 Å². The average molecular weight is 368 g/mol. The van der Waals surface area contributed by atoms with E-state index in [-0.39, 0.29) is 30.3 Å². The summed E-state index contributed by atoms with van der Waals surface area (Å²) in [5.41, 5.74) is 0.161. The number of hydrogen-bond acceptors (Lipinski definition) is 4. The van der Waals surface area contributed by atoms with Crippen LogP contribution >= 0.6 is 0 Å². The van der Waals surface area contributed by atoms with Gasteiger partial charge in [-0.15, -0.1) is 0 Å². The fourth-order valence-corrected chi connectivity index (χ4v) is 2.16. The maximum absolute atomic E-state index is 13.4. The fourth-order valence-electron chi connectivity index (χ4n) is 2.16. The molecule has 2 aromatic rings. The number of likely N-dealkylation sites (N-methyl/N-ethyl adjacent to an activating group) is 1. The zero-order valence-corrected chi connectivity index (χ0v) is 14.1. The predicted octanol–water partition coefficient (Wildman–Crippen LogP) is 3.38. The Balaban J connectivity index is 1.79. The van der Waals surface area contributed by atoms with Crippen molar-refractivity contribution in [3.8, 4) is 11.5 Å².